The summed E-state index contributed by atoms with van der Waals surface area (Å²) in [5, 5.41) is 13.7. The van der Waals surface area contributed by atoms with Crippen LogP contribution in [0.1, 0.15) is 5.69 Å². The van der Waals surface area contributed by atoms with Crippen molar-refractivity contribution in [2.24, 2.45) is 7.05 Å². The van der Waals surface area contributed by atoms with E-state index in [-0.39, 0.29) is 47.4 Å². The molecule has 13 heteroatoms. The Bertz CT molecular complexity index is 1460. The minimum Gasteiger partial charge on any atom is -0.319 e. The van der Waals surface area contributed by atoms with E-state index in [0.29, 0.717) is 24.5 Å². The Kier molecular flexibility index (Phi) is 7.06. The zero-order chi connectivity index (χ0) is 26.0. The molecule has 0 aliphatic carbocycles. The number of nitrogens with one attached hydrogen (secondary N) is 1. The van der Waals surface area contributed by atoms with Crippen LogP contribution in [0.5, 0.6) is 0 Å². The fraction of sp³-hybridized carbons (Fsp3) is 0.304. The van der Waals surface area contributed by atoms with E-state index in [9.17, 15) is 28.1 Å². The van der Waals surface area contributed by atoms with Crippen LogP contribution in [0.3, 0.4) is 0 Å². The van der Waals surface area contributed by atoms with Gasteiger partial charge in [0, 0.05) is 45.4 Å². The van der Waals surface area contributed by atoms with Gasteiger partial charge in [-0.25, -0.2) is 13.1 Å². The number of hydrogen-bond donors (Lipinski definition) is 1. The Hall–Kier alpha value is -3.81. The van der Waals surface area contributed by atoms with Gasteiger partial charge in [0.05, 0.1) is 27.7 Å². The summed E-state index contributed by atoms with van der Waals surface area (Å²) >= 11 is 0. The smallest absolute Gasteiger partial charge is 0.295 e. The highest BCUT2D eigenvalue weighted by atomic mass is 32.2. The molecule has 36 heavy (non-hydrogen) atoms. The topological polar surface area (TPSA) is 140 Å². The third kappa shape index (κ3) is 4.94. The number of carbonyl (C=O) groups is 1. The second-order valence-corrected chi connectivity index (χ2v) is 10.4. The van der Waals surface area contributed by atoms with Gasteiger partial charge in [0.1, 0.15) is 5.69 Å². The van der Waals surface area contributed by atoms with Crippen LogP contribution in [0.2, 0.25) is 0 Å². The third-order valence-corrected chi connectivity index (χ3v) is 8.08. The highest BCUT2D eigenvalue weighted by molar-refractivity contribution is 7.89. The summed E-state index contributed by atoms with van der Waals surface area (Å²) in [6, 6.07) is 14.0. The van der Waals surface area contributed by atoms with Crippen molar-refractivity contribution < 1.29 is 18.1 Å². The molecule has 0 radical (unpaired) electrons. The van der Waals surface area contributed by atoms with Crippen molar-refractivity contribution >= 4 is 27.3 Å². The average molecular weight is 515 g/mol. The van der Waals surface area contributed by atoms with Crippen molar-refractivity contribution in [3.63, 3.8) is 0 Å². The Morgan fingerprint density at radius 3 is 2.36 bits per heavy atom. The first kappa shape index (κ1) is 25.3. The lowest BCUT2D eigenvalue weighted by Gasteiger charge is -2.33. The molecule has 190 valence electrons. The molecule has 1 aliphatic heterocycles. The predicted octanol–water partition coefficient (Wildman–Crippen LogP) is 1.34. The summed E-state index contributed by atoms with van der Waals surface area (Å²) in [6.07, 6.45) is 0. The minimum absolute atomic E-state index is 0.0101. The Morgan fingerprint density at radius 2 is 1.72 bits per heavy atom. The normalized spacial score (nSPS) is 15.1. The number of anilines is 1. The van der Waals surface area contributed by atoms with Crippen LogP contribution in [-0.4, -0.2) is 70.5 Å². The van der Waals surface area contributed by atoms with E-state index in [1.165, 1.54) is 27.2 Å². The molecule has 1 amide bonds. The van der Waals surface area contributed by atoms with Gasteiger partial charge in [-0.1, -0.05) is 24.3 Å². The minimum atomic E-state index is -3.90. The molecule has 1 fully saturated rings. The van der Waals surface area contributed by atoms with Crippen LogP contribution >= 0.6 is 0 Å². The number of amides is 1. The molecular formula is C23H26N6O6S. The van der Waals surface area contributed by atoms with Crippen molar-refractivity contribution in [1.82, 2.24) is 18.6 Å². The number of sulfonamides is 1. The molecule has 1 N–H and O–H groups in total. The lowest BCUT2D eigenvalue weighted by atomic mass is 10.3. The number of non-ortho nitro benzene ring substituents is 1. The zero-order valence-electron chi connectivity index (χ0n) is 19.8. The SMILES string of the molecule is Cc1c(NC(=O)CN2CCN(S(=O)(=O)c3cccc([N+](=O)[O-])c3)CC2)c(=O)n(-c2ccccc2)n1C. The summed E-state index contributed by atoms with van der Waals surface area (Å²) in [5.41, 5.74) is 0.828. The highest BCUT2D eigenvalue weighted by Crippen LogP contribution is 2.22. The quantitative estimate of drug-likeness (QED) is 0.371. The van der Waals surface area contributed by atoms with Crippen LogP contribution in [0.15, 0.2) is 64.3 Å². The number of hydrogen-bond acceptors (Lipinski definition) is 7. The fourth-order valence-corrected chi connectivity index (χ4v) is 5.59. The van der Waals surface area contributed by atoms with Crippen LogP contribution in [0, 0.1) is 17.0 Å². The fourth-order valence-electron chi connectivity index (χ4n) is 4.13. The van der Waals surface area contributed by atoms with E-state index in [2.05, 4.69) is 5.32 Å². The van der Waals surface area contributed by atoms with Crippen molar-refractivity contribution in [3.05, 3.63) is 80.8 Å². The van der Waals surface area contributed by atoms with Gasteiger partial charge in [0.2, 0.25) is 15.9 Å². The molecule has 0 spiro atoms. The zero-order valence-corrected chi connectivity index (χ0v) is 20.6. The number of nitro groups is 1. The van der Waals surface area contributed by atoms with Crippen LogP contribution < -0.4 is 10.9 Å². The number of rotatable bonds is 7. The number of piperazine rings is 1. The van der Waals surface area contributed by atoms with Crippen LogP contribution in [0.4, 0.5) is 11.4 Å². The van der Waals surface area contributed by atoms with Crippen molar-refractivity contribution in [3.8, 4) is 5.69 Å². The lowest BCUT2D eigenvalue weighted by Crippen LogP contribution is -2.50. The van der Waals surface area contributed by atoms with Gasteiger partial charge < -0.3 is 5.32 Å². The maximum Gasteiger partial charge on any atom is 0.295 e. The van der Waals surface area contributed by atoms with E-state index in [1.54, 1.807) is 35.7 Å². The molecule has 12 nitrogen and oxygen atoms in total. The number of para-hydroxylation sites is 1. The maximum absolute atomic E-state index is 13.0. The Labute approximate surface area is 207 Å². The van der Waals surface area contributed by atoms with Gasteiger partial charge in [0.15, 0.2) is 0 Å². The van der Waals surface area contributed by atoms with Gasteiger partial charge in [-0.05, 0) is 25.1 Å². The molecule has 0 bridgehead atoms. The molecular weight excluding hydrogens is 488 g/mol. The Morgan fingerprint density at radius 1 is 1.06 bits per heavy atom. The lowest BCUT2D eigenvalue weighted by molar-refractivity contribution is -0.385. The predicted molar refractivity (Wildman–Crippen MR) is 133 cm³/mol. The molecule has 0 atom stereocenters. The maximum atomic E-state index is 13.0. The molecule has 4 rings (SSSR count). The standard InChI is InChI=1S/C23H26N6O6S/c1-17-22(23(31)28(25(17)2)18-7-4-3-5-8-18)24-21(30)16-26-11-13-27(14-12-26)36(34,35)20-10-6-9-19(15-20)29(32)33/h3-10,15H,11-14,16H2,1-2H3,(H,24,30). The molecule has 2 heterocycles. The monoisotopic (exact) mass is 514 g/mol. The second-order valence-electron chi connectivity index (χ2n) is 8.42. The van der Waals surface area contributed by atoms with Gasteiger partial charge in [-0.3, -0.25) is 29.3 Å². The summed E-state index contributed by atoms with van der Waals surface area (Å²) in [4.78, 5) is 37.7. The summed E-state index contributed by atoms with van der Waals surface area (Å²) in [5.74, 6) is -0.379. The number of carbonyl (C=O) groups excluding carboxylic acids is 1. The molecule has 1 aliphatic rings. The third-order valence-electron chi connectivity index (χ3n) is 6.18. The Balaban J connectivity index is 1.40. The number of nitrogens with zero attached hydrogens (tertiary/aromatic N) is 5. The number of benzene rings is 2. The first-order valence-corrected chi connectivity index (χ1v) is 12.6. The first-order valence-electron chi connectivity index (χ1n) is 11.2. The van der Waals surface area contributed by atoms with E-state index in [4.69, 9.17) is 0 Å². The van der Waals surface area contributed by atoms with Crippen molar-refractivity contribution in [2.75, 3.05) is 38.0 Å². The molecule has 0 saturated carbocycles. The molecule has 1 saturated heterocycles. The van der Waals surface area contributed by atoms with Crippen molar-refractivity contribution in [1.29, 1.82) is 0 Å². The first-order chi connectivity index (χ1) is 17.1. The van der Waals surface area contributed by atoms with E-state index in [0.717, 1.165) is 6.07 Å². The number of nitro benzene ring substituents is 1. The molecule has 0 unspecified atom stereocenters. The highest BCUT2D eigenvalue weighted by Gasteiger charge is 2.30. The second kappa shape index (κ2) is 10.0. The van der Waals surface area contributed by atoms with E-state index < -0.39 is 14.9 Å². The van der Waals surface area contributed by atoms with Gasteiger partial charge in [0.25, 0.3) is 11.2 Å². The van der Waals surface area contributed by atoms with Gasteiger partial charge in [-0.15, -0.1) is 0 Å². The van der Waals surface area contributed by atoms with Crippen molar-refractivity contribution in [2.45, 2.75) is 11.8 Å². The van der Waals surface area contributed by atoms with Crippen LogP contribution in [0.25, 0.3) is 5.69 Å². The summed E-state index contributed by atoms with van der Waals surface area (Å²) < 4.78 is 30.2. The summed E-state index contributed by atoms with van der Waals surface area (Å²) in [6.45, 7) is 2.58. The summed E-state index contributed by atoms with van der Waals surface area (Å²) in [7, 11) is -2.17. The number of aromatic nitrogens is 2. The van der Waals surface area contributed by atoms with E-state index >= 15 is 0 Å². The molecule has 1 aromatic heterocycles. The average Bonchev–Trinajstić information content (AvgIpc) is 3.07. The largest absolute Gasteiger partial charge is 0.319 e. The van der Waals surface area contributed by atoms with Gasteiger partial charge in [-0.2, -0.15) is 4.31 Å². The van der Waals surface area contributed by atoms with Crippen LogP contribution in [-0.2, 0) is 21.9 Å². The van der Waals surface area contributed by atoms with Gasteiger partial charge >= 0.3 is 0 Å². The molecule has 2 aromatic carbocycles. The molecule has 3 aromatic rings. The van der Waals surface area contributed by atoms with E-state index in [1.807, 2.05) is 18.2 Å².